The lowest BCUT2D eigenvalue weighted by Crippen LogP contribution is -2.14. The maximum absolute atomic E-state index is 12.3. The number of nitrogens with zero attached hydrogens (tertiary/aromatic N) is 2. The second-order valence-electron chi connectivity index (χ2n) is 5.03. The Morgan fingerprint density at radius 2 is 2.12 bits per heavy atom. The summed E-state index contributed by atoms with van der Waals surface area (Å²) in [5, 5.41) is 22.1. The fourth-order valence-corrected chi connectivity index (χ4v) is 2.21. The first-order chi connectivity index (χ1) is 11.4. The van der Waals surface area contributed by atoms with Crippen LogP contribution in [0.3, 0.4) is 0 Å². The minimum Gasteiger partial charge on any atom is -0.307 e. The van der Waals surface area contributed by atoms with Crippen LogP contribution in [0.2, 0.25) is 5.02 Å². The van der Waals surface area contributed by atoms with Gasteiger partial charge in [0, 0.05) is 23.5 Å². The van der Waals surface area contributed by atoms with E-state index in [4.69, 9.17) is 17.0 Å². The summed E-state index contributed by atoms with van der Waals surface area (Å²) in [4.78, 5) is 26.8. The third kappa shape index (κ3) is 4.14. The van der Waals surface area contributed by atoms with Crippen LogP contribution in [-0.2, 0) is 0 Å². The zero-order valence-electron chi connectivity index (χ0n) is 12.9. The van der Waals surface area contributed by atoms with Crippen LogP contribution in [0.1, 0.15) is 35.7 Å². The van der Waals surface area contributed by atoms with Crippen molar-refractivity contribution in [3.8, 4) is 0 Å². The van der Waals surface area contributed by atoms with E-state index in [9.17, 15) is 14.9 Å². The van der Waals surface area contributed by atoms with Crippen molar-refractivity contribution in [2.45, 2.75) is 19.8 Å². The summed E-state index contributed by atoms with van der Waals surface area (Å²) in [6.45, 7) is 1.88. The molecule has 0 radical (unpaired) electrons. The molecule has 0 bridgehead atoms. The van der Waals surface area contributed by atoms with Crippen LogP contribution in [0.4, 0.5) is 11.5 Å². The number of nitrogens with one attached hydrogen (secondary N) is 2. The van der Waals surface area contributed by atoms with Crippen molar-refractivity contribution in [2.24, 2.45) is 0 Å². The van der Waals surface area contributed by atoms with Crippen LogP contribution in [-0.4, -0.2) is 21.5 Å². The predicted molar refractivity (Wildman–Crippen MR) is 92.0 cm³/mol. The Labute approximate surface area is 143 Å². The number of pyridine rings is 1. The van der Waals surface area contributed by atoms with Gasteiger partial charge in [0.05, 0.1) is 15.5 Å². The number of hydrogen-bond acceptors (Lipinski definition) is 5. The van der Waals surface area contributed by atoms with Crippen LogP contribution in [0, 0.1) is 15.5 Å². The van der Waals surface area contributed by atoms with Crippen LogP contribution in [0.15, 0.2) is 36.5 Å². The highest BCUT2D eigenvalue weighted by Gasteiger charge is 2.19. The molecule has 0 aliphatic rings. The van der Waals surface area contributed by atoms with Crippen molar-refractivity contribution in [1.29, 1.82) is 5.41 Å². The average Bonchev–Trinajstić information content (AvgIpc) is 2.56. The van der Waals surface area contributed by atoms with E-state index in [1.165, 1.54) is 24.4 Å². The molecule has 0 saturated heterocycles. The summed E-state index contributed by atoms with van der Waals surface area (Å²) in [5.74, 6) is -0.154. The van der Waals surface area contributed by atoms with E-state index in [1.807, 2.05) is 6.92 Å². The summed E-state index contributed by atoms with van der Waals surface area (Å²) >= 11 is 5.73. The molecule has 2 rings (SSSR count). The lowest BCUT2D eigenvalue weighted by Gasteiger charge is -2.08. The Morgan fingerprint density at radius 3 is 2.71 bits per heavy atom. The molecule has 7 nitrogen and oxygen atoms in total. The van der Waals surface area contributed by atoms with Gasteiger partial charge in [-0.3, -0.25) is 14.9 Å². The number of hydrogen-bond donors (Lipinski definition) is 2. The molecule has 0 atom stereocenters. The fraction of sp³-hybridized carbons (Fsp3) is 0.188. The molecule has 0 fully saturated rings. The Kier molecular flexibility index (Phi) is 5.59. The first kappa shape index (κ1) is 17.6. The zero-order chi connectivity index (χ0) is 17.7. The lowest BCUT2D eigenvalue weighted by atomic mass is 10.0. The topological polar surface area (TPSA) is 109 Å². The molecule has 0 unspecified atom stereocenters. The Bertz CT molecular complexity index is 790. The van der Waals surface area contributed by atoms with Crippen molar-refractivity contribution < 1.29 is 9.72 Å². The molecule has 1 heterocycles. The molecule has 0 aliphatic heterocycles. The number of benzene rings is 1. The molecule has 2 N–H and O–H groups in total. The fourth-order valence-electron chi connectivity index (χ4n) is 2.10. The van der Waals surface area contributed by atoms with Crippen LogP contribution in [0.25, 0.3) is 0 Å². The standard InChI is InChI=1S/C16H15ClN4O3/c1-2-3-13(18)12-8-10(4-6-14(12)21(23)24)16(22)20-15-7-5-11(17)9-19-15/h4-9,18H,2-3H2,1H3,(H,19,20,22). The van der Waals surface area contributed by atoms with Crippen molar-refractivity contribution >= 4 is 34.7 Å². The molecule has 0 spiro atoms. The Hall–Kier alpha value is -2.80. The van der Waals surface area contributed by atoms with E-state index < -0.39 is 10.8 Å². The van der Waals surface area contributed by atoms with Gasteiger partial charge in [-0.2, -0.15) is 0 Å². The van der Waals surface area contributed by atoms with E-state index in [0.717, 1.165) is 0 Å². The largest absolute Gasteiger partial charge is 0.307 e. The highest BCUT2D eigenvalue weighted by Crippen LogP contribution is 2.23. The highest BCUT2D eigenvalue weighted by atomic mass is 35.5. The van der Waals surface area contributed by atoms with Gasteiger partial charge in [0.25, 0.3) is 11.6 Å². The van der Waals surface area contributed by atoms with Crippen LogP contribution < -0.4 is 5.32 Å². The SMILES string of the molecule is CCCC(=N)c1cc(C(=O)Nc2ccc(Cl)cn2)ccc1[N+](=O)[O-]. The second kappa shape index (κ2) is 7.65. The van der Waals surface area contributed by atoms with E-state index in [0.29, 0.717) is 23.7 Å². The first-order valence-corrected chi connectivity index (χ1v) is 7.59. The quantitative estimate of drug-likeness (QED) is 0.466. The molecular weight excluding hydrogens is 332 g/mol. The molecule has 124 valence electrons. The number of carbonyl (C=O) groups excluding carboxylic acids is 1. The number of halogens is 1. The Balaban J connectivity index is 2.31. The van der Waals surface area contributed by atoms with Gasteiger partial charge < -0.3 is 10.7 Å². The molecule has 24 heavy (non-hydrogen) atoms. The number of nitro benzene ring substituents is 1. The number of aromatic nitrogens is 1. The first-order valence-electron chi connectivity index (χ1n) is 7.21. The van der Waals surface area contributed by atoms with Crippen molar-refractivity contribution in [3.63, 3.8) is 0 Å². The minimum atomic E-state index is -0.554. The Morgan fingerprint density at radius 1 is 1.38 bits per heavy atom. The molecule has 2 aromatic rings. The number of amides is 1. The average molecular weight is 347 g/mol. The van der Waals surface area contributed by atoms with Gasteiger partial charge in [0.1, 0.15) is 5.82 Å². The third-order valence-electron chi connectivity index (χ3n) is 3.25. The zero-order valence-corrected chi connectivity index (χ0v) is 13.6. The van der Waals surface area contributed by atoms with Crippen molar-refractivity contribution in [1.82, 2.24) is 4.98 Å². The molecule has 1 amide bonds. The molecule has 1 aromatic carbocycles. The smallest absolute Gasteiger partial charge is 0.278 e. The summed E-state index contributed by atoms with van der Waals surface area (Å²) < 4.78 is 0. The third-order valence-corrected chi connectivity index (χ3v) is 3.47. The second-order valence-corrected chi connectivity index (χ2v) is 5.47. The van der Waals surface area contributed by atoms with Crippen LogP contribution >= 0.6 is 11.6 Å². The minimum absolute atomic E-state index is 0.128. The maximum atomic E-state index is 12.3. The predicted octanol–water partition coefficient (Wildman–Crippen LogP) is 4.06. The molecule has 0 aliphatic carbocycles. The monoisotopic (exact) mass is 346 g/mol. The van der Waals surface area contributed by atoms with Crippen molar-refractivity contribution in [3.05, 3.63) is 62.8 Å². The van der Waals surface area contributed by atoms with Gasteiger partial charge in [-0.05, 0) is 30.7 Å². The number of rotatable bonds is 6. The number of carbonyl (C=O) groups is 1. The van der Waals surface area contributed by atoms with Gasteiger partial charge in [-0.25, -0.2) is 4.98 Å². The molecule has 0 saturated carbocycles. The van der Waals surface area contributed by atoms with Gasteiger partial charge in [0.15, 0.2) is 0 Å². The lowest BCUT2D eigenvalue weighted by molar-refractivity contribution is -0.385. The highest BCUT2D eigenvalue weighted by molar-refractivity contribution is 6.30. The summed E-state index contributed by atoms with van der Waals surface area (Å²) in [6, 6.07) is 7.09. The van der Waals surface area contributed by atoms with Crippen molar-refractivity contribution in [2.75, 3.05) is 5.32 Å². The van der Waals surface area contributed by atoms with E-state index in [1.54, 1.807) is 12.1 Å². The normalized spacial score (nSPS) is 10.2. The number of nitro groups is 1. The molecular formula is C16H15ClN4O3. The summed E-state index contributed by atoms with van der Waals surface area (Å²) in [6.07, 6.45) is 2.47. The molecule has 1 aromatic heterocycles. The maximum Gasteiger partial charge on any atom is 0.278 e. The van der Waals surface area contributed by atoms with Crippen LogP contribution in [0.5, 0.6) is 0 Å². The van der Waals surface area contributed by atoms with E-state index in [-0.39, 0.29) is 22.5 Å². The van der Waals surface area contributed by atoms with E-state index in [2.05, 4.69) is 10.3 Å². The van der Waals surface area contributed by atoms with Gasteiger partial charge in [0.2, 0.25) is 0 Å². The van der Waals surface area contributed by atoms with Gasteiger partial charge in [-0.1, -0.05) is 24.9 Å². The summed E-state index contributed by atoms with van der Waals surface area (Å²) in [7, 11) is 0. The summed E-state index contributed by atoms with van der Waals surface area (Å²) in [5.41, 5.74) is 0.310. The van der Waals surface area contributed by atoms with Gasteiger partial charge >= 0.3 is 0 Å². The van der Waals surface area contributed by atoms with Gasteiger partial charge in [-0.15, -0.1) is 0 Å². The molecule has 8 heteroatoms. The van der Waals surface area contributed by atoms with E-state index >= 15 is 0 Å². The number of anilines is 1.